The van der Waals surface area contributed by atoms with Crippen LogP contribution in [0.2, 0.25) is 0 Å². The number of benzene rings is 3. The van der Waals surface area contributed by atoms with Gasteiger partial charge in [-0.3, -0.25) is 9.59 Å². The highest BCUT2D eigenvalue weighted by Crippen LogP contribution is 2.32. The Morgan fingerprint density at radius 3 is 2.44 bits per heavy atom. The predicted octanol–water partition coefficient (Wildman–Crippen LogP) is 3.34. The Hall–Kier alpha value is -5.06. The van der Waals surface area contributed by atoms with Crippen LogP contribution in [-0.2, 0) is 29.1 Å². The number of nitrogens with two attached hydrogens (primary N) is 1. The Morgan fingerprint density at radius 1 is 1.07 bits per heavy atom. The van der Waals surface area contributed by atoms with Crippen molar-refractivity contribution in [3.8, 4) is 12.3 Å². The highest BCUT2D eigenvalue weighted by molar-refractivity contribution is 7.22. The molecular weight excluding hydrogens is 600 g/mol. The van der Waals surface area contributed by atoms with Crippen LogP contribution in [0, 0.1) is 24.0 Å². The standard InChI is InChI=1S/C32H29F2N7O3S/c1-2-14-39(32(44)36-16-21-8-12-24(34)13-9-21)40-19-28(42)41-25(15-20-6-10-23(33)11-7-20)30(43)38(18-27(40)41)17-22-4-3-5-26-29(22)37-31(35)45-26/h1,3-13,25,27H,14-19H2,(H2,35,37)(H,36,44)/t25-,27+/m0/s1. The minimum atomic E-state index is -0.915. The van der Waals surface area contributed by atoms with Crippen molar-refractivity contribution in [2.45, 2.75) is 31.7 Å². The van der Waals surface area contributed by atoms with Gasteiger partial charge < -0.3 is 20.9 Å². The molecular formula is C32H29F2N7O3S. The molecule has 230 valence electrons. The number of carbonyl (C=O) groups excluding carboxylic acids is 3. The van der Waals surface area contributed by atoms with Gasteiger partial charge in [0.1, 0.15) is 23.8 Å². The van der Waals surface area contributed by atoms with Gasteiger partial charge in [0, 0.05) is 19.5 Å². The van der Waals surface area contributed by atoms with Crippen molar-refractivity contribution in [3.63, 3.8) is 0 Å². The third-order valence-electron chi connectivity index (χ3n) is 7.93. The number of amides is 4. The summed E-state index contributed by atoms with van der Waals surface area (Å²) in [6.45, 7) is 0.0652. The van der Waals surface area contributed by atoms with Gasteiger partial charge in [0.15, 0.2) is 5.13 Å². The molecule has 2 aliphatic heterocycles. The highest BCUT2D eigenvalue weighted by atomic mass is 32.1. The number of aromatic nitrogens is 1. The van der Waals surface area contributed by atoms with E-state index in [0.717, 1.165) is 10.3 Å². The van der Waals surface area contributed by atoms with Crippen LogP contribution in [0.15, 0.2) is 66.7 Å². The maximum atomic E-state index is 14.1. The number of para-hydroxylation sites is 1. The number of piperazine rings is 1. The first-order valence-electron chi connectivity index (χ1n) is 14.2. The molecule has 3 aromatic carbocycles. The van der Waals surface area contributed by atoms with E-state index in [9.17, 15) is 23.2 Å². The second-order valence-electron chi connectivity index (χ2n) is 10.8. The third-order valence-corrected chi connectivity index (χ3v) is 8.78. The quantitative estimate of drug-likeness (QED) is 0.289. The van der Waals surface area contributed by atoms with Gasteiger partial charge in [0.05, 0.1) is 29.9 Å². The lowest BCUT2D eigenvalue weighted by molar-refractivity contribution is -0.157. The largest absolute Gasteiger partial charge is 0.375 e. The molecule has 2 saturated heterocycles. The van der Waals surface area contributed by atoms with Gasteiger partial charge in [-0.2, -0.15) is 5.01 Å². The van der Waals surface area contributed by atoms with E-state index in [1.54, 1.807) is 34.2 Å². The fourth-order valence-corrected chi connectivity index (χ4v) is 6.61. The van der Waals surface area contributed by atoms with Gasteiger partial charge >= 0.3 is 6.03 Å². The van der Waals surface area contributed by atoms with Crippen molar-refractivity contribution in [2.24, 2.45) is 0 Å². The number of rotatable bonds is 8. The molecule has 0 saturated carbocycles. The molecule has 0 radical (unpaired) electrons. The monoisotopic (exact) mass is 629 g/mol. The summed E-state index contributed by atoms with van der Waals surface area (Å²) in [5.74, 6) is 1.06. The molecule has 1 aromatic heterocycles. The number of fused-ring (bicyclic) bond motifs is 2. The van der Waals surface area contributed by atoms with Crippen molar-refractivity contribution in [3.05, 3.63) is 95.1 Å². The fraction of sp³-hybridized carbons (Fsp3) is 0.250. The average molecular weight is 630 g/mol. The van der Waals surface area contributed by atoms with Crippen molar-refractivity contribution in [1.29, 1.82) is 0 Å². The minimum Gasteiger partial charge on any atom is -0.375 e. The maximum Gasteiger partial charge on any atom is 0.333 e. The van der Waals surface area contributed by atoms with Crippen LogP contribution in [0.1, 0.15) is 16.7 Å². The number of halogens is 2. The van der Waals surface area contributed by atoms with Crippen LogP contribution in [0.25, 0.3) is 10.2 Å². The molecule has 6 rings (SSSR count). The zero-order valence-corrected chi connectivity index (χ0v) is 24.8. The SMILES string of the molecule is C#CCN(C(=O)NCc1ccc(F)cc1)N1CC(=O)N2[C@@H](Cc3ccc(F)cc3)C(=O)N(Cc3cccc4sc(N)nc34)C[C@@H]21. The van der Waals surface area contributed by atoms with Gasteiger partial charge in [0.2, 0.25) is 11.8 Å². The van der Waals surface area contributed by atoms with Gasteiger partial charge in [-0.15, -0.1) is 6.42 Å². The molecule has 10 nitrogen and oxygen atoms in total. The van der Waals surface area contributed by atoms with Crippen LogP contribution in [-0.4, -0.2) is 74.5 Å². The number of nitrogens with one attached hydrogen (secondary N) is 1. The Bertz CT molecular complexity index is 1790. The second kappa shape index (κ2) is 12.5. The Morgan fingerprint density at radius 2 is 1.76 bits per heavy atom. The summed E-state index contributed by atoms with van der Waals surface area (Å²) in [6, 6.07) is 15.7. The number of hydrazine groups is 1. The highest BCUT2D eigenvalue weighted by Gasteiger charge is 2.52. The lowest BCUT2D eigenvalue weighted by Gasteiger charge is -2.46. The molecule has 45 heavy (non-hydrogen) atoms. The summed E-state index contributed by atoms with van der Waals surface area (Å²) in [6.07, 6.45) is 5.09. The molecule has 0 unspecified atom stereocenters. The Labute approximate surface area is 262 Å². The van der Waals surface area contributed by atoms with Crippen LogP contribution in [0.4, 0.5) is 18.7 Å². The smallest absolute Gasteiger partial charge is 0.333 e. The molecule has 4 aromatic rings. The number of carbonyl (C=O) groups is 3. The van der Waals surface area contributed by atoms with E-state index >= 15 is 0 Å². The summed E-state index contributed by atoms with van der Waals surface area (Å²) >= 11 is 1.35. The van der Waals surface area contributed by atoms with Crippen molar-refractivity contribution in [1.82, 2.24) is 30.1 Å². The third kappa shape index (κ3) is 6.15. The van der Waals surface area contributed by atoms with E-state index in [1.165, 1.54) is 45.5 Å². The number of urea groups is 1. The molecule has 4 amide bonds. The molecule has 0 bridgehead atoms. The van der Waals surface area contributed by atoms with Crippen LogP contribution < -0.4 is 11.1 Å². The molecule has 3 N–H and O–H groups in total. The van der Waals surface area contributed by atoms with E-state index in [1.807, 2.05) is 18.2 Å². The van der Waals surface area contributed by atoms with Crippen LogP contribution in [0.5, 0.6) is 0 Å². The second-order valence-corrected chi connectivity index (χ2v) is 11.9. The van der Waals surface area contributed by atoms with Gasteiger partial charge in [-0.1, -0.05) is 53.7 Å². The summed E-state index contributed by atoms with van der Waals surface area (Å²) in [4.78, 5) is 48.8. The first kappa shape index (κ1) is 30.0. The average Bonchev–Trinajstić information content (AvgIpc) is 3.57. The van der Waals surface area contributed by atoms with E-state index in [4.69, 9.17) is 12.2 Å². The lowest BCUT2D eigenvalue weighted by atomic mass is 10.00. The Kier molecular flexibility index (Phi) is 8.34. The summed E-state index contributed by atoms with van der Waals surface area (Å²) < 4.78 is 27.9. The molecule has 3 heterocycles. The van der Waals surface area contributed by atoms with E-state index in [-0.39, 0.29) is 51.0 Å². The maximum absolute atomic E-state index is 14.1. The number of hydrogen-bond acceptors (Lipinski definition) is 7. The molecule has 0 aliphatic carbocycles. The minimum absolute atomic E-state index is 0.0901. The summed E-state index contributed by atoms with van der Waals surface area (Å²) in [7, 11) is 0. The van der Waals surface area contributed by atoms with Gasteiger partial charge in [-0.25, -0.2) is 23.6 Å². The van der Waals surface area contributed by atoms with Gasteiger partial charge in [-0.05, 0) is 47.0 Å². The number of terminal acetylenes is 1. The number of nitrogen functional groups attached to an aromatic ring is 1. The first-order valence-corrected chi connectivity index (χ1v) is 15.0. The molecule has 2 aliphatic rings. The van der Waals surface area contributed by atoms with Gasteiger partial charge in [0.25, 0.3) is 0 Å². The van der Waals surface area contributed by atoms with Crippen LogP contribution in [0.3, 0.4) is 0 Å². The molecule has 13 heteroatoms. The molecule has 0 spiro atoms. The van der Waals surface area contributed by atoms with E-state index in [0.29, 0.717) is 21.8 Å². The van der Waals surface area contributed by atoms with Crippen LogP contribution >= 0.6 is 11.3 Å². The van der Waals surface area contributed by atoms with Crippen molar-refractivity contribution in [2.75, 3.05) is 25.4 Å². The molecule has 2 atom stereocenters. The zero-order valence-electron chi connectivity index (χ0n) is 24.0. The fourth-order valence-electron chi connectivity index (χ4n) is 5.83. The van der Waals surface area contributed by atoms with E-state index < -0.39 is 29.9 Å². The number of nitrogens with zero attached hydrogens (tertiary/aromatic N) is 5. The van der Waals surface area contributed by atoms with E-state index in [2.05, 4.69) is 16.2 Å². The predicted molar refractivity (Wildman–Crippen MR) is 165 cm³/mol. The first-order chi connectivity index (χ1) is 21.7. The topological polar surface area (TPSA) is 115 Å². The van der Waals surface area contributed by atoms with Crippen molar-refractivity contribution < 1.29 is 23.2 Å². The molecule has 2 fully saturated rings. The number of hydrogen-bond donors (Lipinski definition) is 2. The normalized spacial score (nSPS) is 18.2. The summed E-state index contributed by atoms with van der Waals surface area (Å²) in [5.41, 5.74) is 8.81. The number of anilines is 1. The summed E-state index contributed by atoms with van der Waals surface area (Å²) in [5, 5.41) is 6.07. The lowest BCUT2D eigenvalue weighted by Crippen LogP contribution is -2.66. The van der Waals surface area contributed by atoms with Crippen molar-refractivity contribution >= 4 is 44.5 Å². The Balaban J connectivity index is 1.31. The number of thiazole rings is 1. The zero-order chi connectivity index (χ0) is 31.7.